The van der Waals surface area contributed by atoms with Gasteiger partial charge in [0.05, 0.1) is 0 Å². The van der Waals surface area contributed by atoms with E-state index in [1.807, 2.05) is 0 Å². The van der Waals surface area contributed by atoms with Gasteiger partial charge in [-0.3, -0.25) is 0 Å². The van der Waals surface area contributed by atoms with Crippen LogP contribution >= 0.6 is 11.5 Å². The predicted octanol–water partition coefficient (Wildman–Crippen LogP) is 3.05. The molecule has 0 aromatic carbocycles. The molecule has 1 saturated carbocycles. The average molecular weight is 225 g/mol. The molecule has 1 aromatic rings. The smallest absolute Gasteiger partial charge is 0.202 e. The lowest BCUT2D eigenvalue weighted by molar-refractivity contribution is 0.554. The summed E-state index contributed by atoms with van der Waals surface area (Å²) in [6, 6.07) is 0.547. The van der Waals surface area contributed by atoms with Crippen molar-refractivity contribution in [2.45, 2.75) is 52.0 Å². The molecule has 0 amide bonds. The maximum atomic E-state index is 4.53. The summed E-state index contributed by atoms with van der Waals surface area (Å²) in [5, 5.41) is 4.41. The van der Waals surface area contributed by atoms with Crippen LogP contribution in [0.3, 0.4) is 0 Å². The first kappa shape index (κ1) is 10.9. The highest BCUT2D eigenvalue weighted by molar-refractivity contribution is 7.09. The van der Waals surface area contributed by atoms with Crippen LogP contribution in [0.2, 0.25) is 0 Å². The molecule has 2 rings (SSSR count). The van der Waals surface area contributed by atoms with E-state index in [2.05, 4.69) is 42.4 Å². The largest absolute Gasteiger partial charge is 0.358 e. The quantitative estimate of drug-likeness (QED) is 0.859. The Kier molecular flexibility index (Phi) is 2.71. The Balaban J connectivity index is 2.00. The number of aromatic nitrogens is 2. The van der Waals surface area contributed by atoms with Crippen LogP contribution in [0.5, 0.6) is 0 Å². The summed E-state index contributed by atoms with van der Waals surface area (Å²) in [7, 11) is 0. The standard InChI is InChI=1S/C11H19N3S/c1-7(8-5-6-8)12-10-13-9(14-15-10)11(2,3)4/h7-8H,5-6H2,1-4H3,(H,12,13,14). The predicted molar refractivity (Wildman–Crippen MR) is 64.4 cm³/mol. The van der Waals surface area contributed by atoms with E-state index in [1.54, 1.807) is 0 Å². The summed E-state index contributed by atoms with van der Waals surface area (Å²) in [5.74, 6) is 1.80. The number of hydrogen-bond donors (Lipinski definition) is 1. The fourth-order valence-corrected chi connectivity index (χ4v) is 2.35. The first-order valence-corrected chi connectivity index (χ1v) is 6.35. The number of nitrogens with zero attached hydrogens (tertiary/aromatic N) is 2. The van der Waals surface area contributed by atoms with E-state index in [9.17, 15) is 0 Å². The zero-order chi connectivity index (χ0) is 11.1. The molecule has 1 aromatic heterocycles. The van der Waals surface area contributed by atoms with Gasteiger partial charge in [0.15, 0.2) is 0 Å². The first-order chi connectivity index (χ1) is 6.97. The van der Waals surface area contributed by atoms with E-state index in [1.165, 1.54) is 24.4 Å². The minimum atomic E-state index is 0.0548. The molecule has 0 spiro atoms. The summed E-state index contributed by atoms with van der Waals surface area (Å²) >= 11 is 1.48. The SMILES string of the molecule is CC(Nc1nc(C(C)(C)C)ns1)C1CC1. The summed E-state index contributed by atoms with van der Waals surface area (Å²) < 4.78 is 4.39. The van der Waals surface area contributed by atoms with E-state index in [-0.39, 0.29) is 5.41 Å². The second-order valence-corrected chi connectivity index (χ2v) is 6.20. The molecule has 0 saturated heterocycles. The normalized spacial score (nSPS) is 18.9. The van der Waals surface area contributed by atoms with Crippen molar-refractivity contribution in [3.8, 4) is 0 Å². The Labute approximate surface area is 95.5 Å². The number of rotatable bonds is 3. The Morgan fingerprint density at radius 1 is 1.40 bits per heavy atom. The monoisotopic (exact) mass is 225 g/mol. The van der Waals surface area contributed by atoms with Gasteiger partial charge in [-0.25, -0.2) is 4.98 Å². The second kappa shape index (κ2) is 3.74. The lowest BCUT2D eigenvalue weighted by Gasteiger charge is -2.13. The summed E-state index contributed by atoms with van der Waals surface area (Å²) in [6.07, 6.45) is 2.72. The third kappa shape index (κ3) is 2.68. The number of hydrogen-bond acceptors (Lipinski definition) is 4. The van der Waals surface area contributed by atoms with E-state index in [0.717, 1.165) is 16.9 Å². The van der Waals surface area contributed by atoms with Gasteiger partial charge in [-0.2, -0.15) is 4.37 Å². The molecule has 0 aliphatic heterocycles. The third-order valence-electron chi connectivity index (χ3n) is 2.78. The molecule has 0 radical (unpaired) electrons. The highest BCUT2D eigenvalue weighted by Gasteiger charge is 2.29. The van der Waals surface area contributed by atoms with E-state index >= 15 is 0 Å². The molecule has 1 fully saturated rings. The average Bonchev–Trinajstić information content (AvgIpc) is 2.86. The van der Waals surface area contributed by atoms with Crippen LogP contribution in [0.25, 0.3) is 0 Å². The van der Waals surface area contributed by atoms with Crippen LogP contribution in [-0.2, 0) is 5.41 Å². The van der Waals surface area contributed by atoms with Crippen molar-refractivity contribution in [3.63, 3.8) is 0 Å². The van der Waals surface area contributed by atoms with Crippen molar-refractivity contribution >= 4 is 16.7 Å². The van der Waals surface area contributed by atoms with Crippen LogP contribution < -0.4 is 5.32 Å². The van der Waals surface area contributed by atoms with Crippen LogP contribution in [-0.4, -0.2) is 15.4 Å². The highest BCUT2D eigenvalue weighted by Crippen LogP contribution is 2.34. The highest BCUT2D eigenvalue weighted by atomic mass is 32.1. The Hall–Kier alpha value is -0.640. The van der Waals surface area contributed by atoms with Crippen LogP contribution in [0.1, 0.15) is 46.4 Å². The van der Waals surface area contributed by atoms with E-state index in [4.69, 9.17) is 0 Å². The van der Waals surface area contributed by atoms with Gasteiger partial charge >= 0.3 is 0 Å². The van der Waals surface area contributed by atoms with Crippen molar-refractivity contribution in [2.75, 3.05) is 5.32 Å². The van der Waals surface area contributed by atoms with Crippen molar-refractivity contribution in [1.29, 1.82) is 0 Å². The minimum absolute atomic E-state index is 0.0548. The van der Waals surface area contributed by atoms with Crippen LogP contribution in [0.15, 0.2) is 0 Å². The molecule has 1 aliphatic carbocycles. The molecule has 3 nitrogen and oxygen atoms in total. The fraction of sp³-hybridized carbons (Fsp3) is 0.818. The lowest BCUT2D eigenvalue weighted by atomic mass is 9.96. The summed E-state index contributed by atoms with van der Waals surface area (Å²) in [5.41, 5.74) is 0.0548. The van der Waals surface area contributed by atoms with Gasteiger partial charge in [0.2, 0.25) is 5.13 Å². The zero-order valence-corrected chi connectivity index (χ0v) is 10.7. The van der Waals surface area contributed by atoms with Crippen molar-refractivity contribution in [3.05, 3.63) is 5.82 Å². The van der Waals surface area contributed by atoms with Gasteiger partial charge in [-0.1, -0.05) is 20.8 Å². The van der Waals surface area contributed by atoms with E-state index in [0.29, 0.717) is 6.04 Å². The van der Waals surface area contributed by atoms with Crippen molar-refractivity contribution in [2.24, 2.45) is 5.92 Å². The second-order valence-electron chi connectivity index (χ2n) is 5.44. The van der Waals surface area contributed by atoms with E-state index < -0.39 is 0 Å². The molecule has 1 unspecified atom stereocenters. The van der Waals surface area contributed by atoms with Gasteiger partial charge in [-0.15, -0.1) is 0 Å². The number of anilines is 1. The van der Waals surface area contributed by atoms with Gasteiger partial charge in [0, 0.05) is 23.0 Å². The van der Waals surface area contributed by atoms with Gasteiger partial charge < -0.3 is 5.32 Å². The maximum absolute atomic E-state index is 4.53. The maximum Gasteiger partial charge on any atom is 0.202 e. The molecular formula is C11H19N3S. The van der Waals surface area contributed by atoms with Gasteiger partial charge in [0.1, 0.15) is 5.82 Å². The first-order valence-electron chi connectivity index (χ1n) is 5.57. The van der Waals surface area contributed by atoms with Crippen LogP contribution in [0.4, 0.5) is 5.13 Å². The Bertz CT molecular complexity index is 336. The molecule has 15 heavy (non-hydrogen) atoms. The number of nitrogens with one attached hydrogen (secondary N) is 1. The van der Waals surface area contributed by atoms with Crippen LogP contribution in [0, 0.1) is 5.92 Å². The lowest BCUT2D eigenvalue weighted by Crippen LogP contribution is -2.18. The zero-order valence-electron chi connectivity index (χ0n) is 9.87. The molecule has 4 heteroatoms. The topological polar surface area (TPSA) is 37.8 Å². The summed E-state index contributed by atoms with van der Waals surface area (Å²) in [4.78, 5) is 4.53. The minimum Gasteiger partial charge on any atom is -0.358 e. The van der Waals surface area contributed by atoms with Gasteiger partial charge in [0.25, 0.3) is 0 Å². The van der Waals surface area contributed by atoms with Crippen molar-refractivity contribution in [1.82, 2.24) is 9.36 Å². The Morgan fingerprint density at radius 3 is 2.53 bits per heavy atom. The molecule has 1 aliphatic rings. The van der Waals surface area contributed by atoms with Crippen molar-refractivity contribution < 1.29 is 0 Å². The molecular weight excluding hydrogens is 206 g/mol. The fourth-order valence-electron chi connectivity index (χ4n) is 1.50. The molecule has 0 bridgehead atoms. The molecule has 1 N–H and O–H groups in total. The van der Waals surface area contributed by atoms with Gasteiger partial charge in [-0.05, 0) is 25.7 Å². The Morgan fingerprint density at radius 2 is 2.07 bits per heavy atom. The summed E-state index contributed by atoms with van der Waals surface area (Å²) in [6.45, 7) is 8.66. The molecule has 1 atom stereocenters. The molecule has 84 valence electrons. The molecule has 1 heterocycles. The third-order valence-corrected chi connectivity index (χ3v) is 3.42.